The van der Waals surface area contributed by atoms with Crippen LogP contribution in [0.15, 0.2) is 42.0 Å². The smallest absolute Gasteiger partial charge is 0.196 e. The number of hydrogen-bond acceptors (Lipinski definition) is 5. The van der Waals surface area contributed by atoms with E-state index in [0.717, 1.165) is 23.5 Å². The number of ether oxygens (including phenoxy) is 1. The van der Waals surface area contributed by atoms with Crippen LogP contribution in [0, 0.1) is 0 Å². The average molecular weight is 306 g/mol. The highest BCUT2D eigenvalue weighted by atomic mass is 32.1. The van der Waals surface area contributed by atoms with E-state index in [-0.39, 0.29) is 12.6 Å². The predicted octanol–water partition coefficient (Wildman–Crippen LogP) is 3.15. The normalized spacial score (nSPS) is 15.4. The lowest BCUT2D eigenvalue weighted by Crippen LogP contribution is -2.51. The molecule has 2 atom stereocenters. The first-order chi connectivity index (χ1) is 10.2. The van der Waals surface area contributed by atoms with Crippen LogP contribution in [0.1, 0.15) is 32.3 Å². The van der Waals surface area contributed by atoms with Gasteiger partial charge >= 0.3 is 0 Å². The van der Waals surface area contributed by atoms with Crippen LogP contribution >= 0.6 is 11.3 Å². The molecule has 4 nitrogen and oxygen atoms in total. The quantitative estimate of drug-likeness (QED) is 0.736. The molecule has 0 bridgehead atoms. The van der Waals surface area contributed by atoms with Crippen molar-refractivity contribution in [3.8, 4) is 5.06 Å². The minimum Gasteiger partial charge on any atom is -0.458 e. The molecule has 0 fully saturated rings. The molecule has 0 unspecified atom stereocenters. The Bertz CT molecular complexity index is 518. The molecule has 0 spiro atoms. The summed E-state index contributed by atoms with van der Waals surface area (Å²) < 4.78 is 6.14. The first-order valence-electron chi connectivity index (χ1n) is 7.19. The van der Waals surface area contributed by atoms with Crippen LogP contribution in [0.3, 0.4) is 0 Å². The van der Waals surface area contributed by atoms with Gasteiger partial charge in [-0.25, -0.2) is 4.98 Å². The first-order valence-corrected chi connectivity index (χ1v) is 8.07. The van der Waals surface area contributed by atoms with Crippen molar-refractivity contribution in [2.45, 2.75) is 38.5 Å². The van der Waals surface area contributed by atoms with Crippen molar-refractivity contribution in [3.63, 3.8) is 0 Å². The Balaban J connectivity index is 2.25. The number of aliphatic hydroxyl groups excluding tert-OH is 1. The number of aliphatic hydroxyl groups is 1. The van der Waals surface area contributed by atoms with Crippen LogP contribution < -0.4 is 10.1 Å². The van der Waals surface area contributed by atoms with E-state index in [0.29, 0.717) is 0 Å². The molecule has 5 heteroatoms. The molecule has 114 valence electrons. The number of thiazole rings is 1. The van der Waals surface area contributed by atoms with Gasteiger partial charge in [-0.2, -0.15) is 0 Å². The molecule has 0 aliphatic heterocycles. The van der Waals surface area contributed by atoms with Gasteiger partial charge in [0, 0.05) is 11.6 Å². The van der Waals surface area contributed by atoms with E-state index >= 15 is 0 Å². The summed E-state index contributed by atoms with van der Waals surface area (Å²) in [4.78, 5) is 4.05. The summed E-state index contributed by atoms with van der Waals surface area (Å²) in [5.41, 5.74) is 2.07. The fraction of sp³-hybridized carbons (Fsp3) is 0.438. The Morgan fingerprint density at radius 2 is 2.14 bits per heavy atom. The molecule has 0 amide bonds. The lowest BCUT2D eigenvalue weighted by molar-refractivity contribution is 0.0271. The second-order valence-corrected chi connectivity index (χ2v) is 5.98. The third kappa shape index (κ3) is 4.27. The van der Waals surface area contributed by atoms with Gasteiger partial charge in [-0.3, -0.25) is 5.32 Å². The van der Waals surface area contributed by atoms with Gasteiger partial charge in [0.15, 0.2) is 10.8 Å². The highest BCUT2D eigenvalue weighted by Gasteiger charge is 2.31. The largest absolute Gasteiger partial charge is 0.458 e. The van der Waals surface area contributed by atoms with E-state index in [1.165, 1.54) is 11.3 Å². The molecule has 2 N–H and O–H groups in total. The topological polar surface area (TPSA) is 54.4 Å². The van der Waals surface area contributed by atoms with Crippen LogP contribution in [-0.2, 0) is 5.72 Å². The van der Waals surface area contributed by atoms with Crippen molar-refractivity contribution in [1.82, 2.24) is 10.3 Å². The zero-order valence-corrected chi connectivity index (χ0v) is 13.3. The fourth-order valence-electron chi connectivity index (χ4n) is 2.33. The van der Waals surface area contributed by atoms with E-state index in [4.69, 9.17) is 4.74 Å². The van der Waals surface area contributed by atoms with Crippen molar-refractivity contribution >= 4 is 11.3 Å². The van der Waals surface area contributed by atoms with Gasteiger partial charge in [-0.15, -0.1) is 0 Å². The van der Waals surface area contributed by atoms with Gasteiger partial charge < -0.3 is 9.84 Å². The fourth-order valence-corrected chi connectivity index (χ4v) is 2.89. The minimum absolute atomic E-state index is 0.00636. The number of nitrogens with one attached hydrogen (secondary N) is 1. The van der Waals surface area contributed by atoms with Gasteiger partial charge in [0.05, 0.1) is 18.3 Å². The van der Waals surface area contributed by atoms with Gasteiger partial charge in [0.2, 0.25) is 0 Å². The summed E-state index contributed by atoms with van der Waals surface area (Å²) in [5.74, 6) is 0. The standard InChI is InChI=1S/C16H22N2O2S/c1-3-7-14(11-19)18-16(2,13-8-5-4-6-9-13)20-15-10-17-12-21-15/h4-6,8-10,12,14,18-19H,3,7,11H2,1-2H3/t14-,16+/m1/s1. The second kappa shape index (κ2) is 7.54. The number of rotatable bonds is 8. The molecule has 0 aliphatic carbocycles. The summed E-state index contributed by atoms with van der Waals surface area (Å²) >= 11 is 1.46. The van der Waals surface area contributed by atoms with Crippen molar-refractivity contribution < 1.29 is 9.84 Å². The first kappa shape index (κ1) is 15.9. The minimum atomic E-state index is -0.698. The number of benzene rings is 1. The van der Waals surface area contributed by atoms with Gasteiger partial charge in [-0.1, -0.05) is 55.0 Å². The third-order valence-corrected chi connectivity index (χ3v) is 4.02. The molecule has 2 rings (SSSR count). The summed E-state index contributed by atoms with van der Waals surface area (Å²) in [7, 11) is 0. The highest BCUT2D eigenvalue weighted by Crippen LogP contribution is 2.29. The van der Waals surface area contributed by atoms with Crippen LogP contribution in [0.4, 0.5) is 0 Å². The van der Waals surface area contributed by atoms with Gasteiger partial charge in [0.1, 0.15) is 0 Å². The van der Waals surface area contributed by atoms with Gasteiger partial charge in [0.25, 0.3) is 0 Å². The van der Waals surface area contributed by atoms with E-state index in [2.05, 4.69) is 17.2 Å². The SMILES string of the molecule is CCC[C@H](CO)N[C@@](C)(Oc1cncs1)c1ccccc1. The zero-order chi connectivity index (χ0) is 15.1. The average Bonchev–Trinajstić information content (AvgIpc) is 3.00. The molecule has 2 aromatic rings. The molecule has 0 radical (unpaired) electrons. The van der Waals surface area contributed by atoms with Crippen LogP contribution in [0.25, 0.3) is 0 Å². The summed E-state index contributed by atoms with van der Waals surface area (Å²) in [6.45, 7) is 4.18. The maximum atomic E-state index is 9.57. The summed E-state index contributed by atoms with van der Waals surface area (Å²) in [5, 5.41) is 13.8. The molecule has 0 aliphatic rings. The highest BCUT2D eigenvalue weighted by molar-refractivity contribution is 7.11. The van der Waals surface area contributed by atoms with E-state index < -0.39 is 5.72 Å². The Labute approximate surface area is 129 Å². The molecule has 0 saturated carbocycles. The van der Waals surface area contributed by atoms with Crippen molar-refractivity contribution in [1.29, 1.82) is 0 Å². The Kier molecular flexibility index (Phi) is 5.73. The molecular formula is C16H22N2O2S. The summed E-state index contributed by atoms with van der Waals surface area (Å²) in [6.07, 6.45) is 3.61. The molecule has 0 saturated heterocycles. The van der Waals surface area contributed by atoms with Crippen molar-refractivity contribution in [3.05, 3.63) is 47.6 Å². The number of hydrogen-bond donors (Lipinski definition) is 2. The maximum absolute atomic E-state index is 9.57. The molecular weight excluding hydrogens is 284 g/mol. The van der Waals surface area contributed by atoms with Crippen LogP contribution in [-0.4, -0.2) is 22.7 Å². The molecule has 1 heterocycles. The Morgan fingerprint density at radius 1 is 1.38 bits per heavy atom. The van der Waals surface area contributed by atoms with E-state index in [9.17, 15) is 5.11 Å². The number of nitrogens with zero attached hydrogens (tertiary/aromatic N) is 1. The molecule has 21 heavy (non-hydrogen) atoms. The van der Waals surface area contributed by atoms with E-state index in [1.807, 2.05) is 37.3 Å². The van der Waals surface area contributed by atoms with Gasteiger partial charge in [-0.05, 0) is 13.3 Å². The predicted molar refractivity (Wildman–Crippen MR) is 85.5 cm³/mol. The maximum Gasteiger partial charge on any atom is 0.196 e. The second-order valence-electron chi connectivity index (χ2n) is 5.13. The monoisotopic (exact) mass is 306 g/mol. The Hall–Kier alpha value is -1.43. The molecule has 1 aromatic heterocycles. The lowest BCUT2D eigenvalue weighted by Gasteiger charge is -2.35. The third-order valence-electron chi connectivity index (χ3n) is 3.38. The van der Waals surface area contributed by atoms with E-state index in [1.54, 1.807) is 11.7 Å². The van der Waals surface area contributed by atoms with Crippen molar-refractivity contribution in [2.75, 3.05) is 6.61 Å². The number of aromatic nitrogens is 1. The Morgan fingerprint density at radius 3 is 2.71 bits per heavy atom. The van der Waals surface area contributed by atoms with Crippen LogP contribution in [0.5, 0.6) is 5.06 Å². The molecule has 1 aromatic carbocycles. The van der Waals surface area contributed by atoms with Crippen molar-refractivity contribution in [2.24, 2.45) is 0 Å². The lowest BCUT2D eigenvalue weighted by atomic mass is 10.0. The zero-order valence-electron chi connectivity index (χ0n) is 12.5. The van der Waals surface area contributed by atoms with Crippen LogP contribution in [0.2, 0.25) is 0 Å². The summed E-state index contributed by atoms with van der Waals surface area (Å²) in [6, 6.07) is 9.99.